The van der Waals surface area contributed by atoms with Crippen molar-refractivity contribution in [3.8, 4) is 0 Å². The summed E-state index contributed by atoms with van der Waals surface area (Å²) in [5, 5.41) is 4.37. The van der Waals surface area contributed by atoms with Gasteiger partial charge in [-0.2, -0.15) is 0 Å². The van der Waals surface area contributed by atoms with Gasteiger partial charge in [0.25, 0.3) is 0 Å². The van der Waals surface area contributed by atoms with Crippen LogP contribution in [0.15, 0.2) is 23.1 Å². The topological polar surface area (TPSA) is 29.1 Å². The van der Waals surface area contributed by atoms with Crippen LogP contribution in [-0.2, 0) is 10.8 Å². The second kappa shape index (κ2) is 7.37. The third kappa shape index (κ3) is 4.96. The Morgan fingerprint density at radius 2 is 2.12 bits per heavy atom. The molecule has 0 radical (unpaired) electrons. The number of halogens is 2. The van der Waals surface area contributed by atoms with Crippen LogP contribution >= 0.6 is 23.2 Å². The van der Waals surface area contributed by atoms with E-state index in [1.807, 2.05) is 0 Å². The predicted octanol–water partition coefficient (Wildman–Crippen LogP) is 3.49. The summed E-state index contributed by atoms with van der Waals surface area (Å²) < 4.78 is 12.1. The van der Waals surface area contributed by atoms with Crippen molar-refractivity contribution in [1.82, 2.24) is 5.32 Å². The molecule has 0 bridgehead atoms. The summed E-state index contributed by atoms with van der Waals surface area (Å²) in [6.07, 6.45) is 0.850. The van der Waals surface area contributed by atoms with Crippen molar-refractivity contribution in [3.63, 3.8) is 0 Å². The van der Waals surface area contributed by atoms with Crippen LogP contribution in [0.3, 0.4) is 0 Å². The lowest BCUT2D eigenvalue weighted by atomic mass is 10.3. The van der Waals surface area contributed by atoms with Crippen molar-refractivity contribution < 1.29 is 4.21 Å². The summed E-state index contributed by atoms with van der Waals surface area (Å²) in [7, 11) is -1.09. The maximum Gasteiger partial charge on any atom is 0.0589 e. The Balaban J connectivity index is 2.61. The second-order valence-electron chi connectivity index (χ2n) is 3.87. The van der Waals surface area contributed by atoms with Gasteiger partial charge in [-0.25, -0.2) is 0 Å². The van der Waals surface area contributed by atoms with Crippen LogP contribution in [-0.4, -0.2) is 22.5 Å². The molecule has 1 rings (SSSR count). The summed E-state index contributed by atoms with van der Waals surface area (Å²) >= 11 is 11.9. The van der Waals surface area contributed by atoms with Gasteiger partial charge >= 0.3 is 0 Å². The van der Waals surface area contributed by atoms with Crippen LogP contribution in [0.25, 0.3) is 0 Å². The Labute approximate surface area is 115 Å². The van der Waals surface area contributed by atoms with Gasteiger partial charge in [0.1, 0.15) is 0 Å². The van der Waals surface area contributed by atoms with Gasteiger partial charge in [0.15, 0.2) is 0 Å². The average Bonchev–Trinajstić information content (AvgIpc) is 2.29. The average molecular weight is 294 g/mol. The Hall–Kier alpha value is -0.0900. The number of benzene rings is 1. The molecule has 0 aliphatic heterocycles. The molecule has 0 spiro atoms. The molecule has 17 heavy (non-hydrogen) atoms. The number of hydrogen-bond acceptors (Lipinski definition) is 2. The summed E-state index contributed by atoms with van der Waals surface area (Å²) in [6, 6.07) is 5.43. The van der Waals surface area contributed by atoms with E-state index in [1.54, 1.807) is 18.2 Å². The summed E-state index contributed by atoms with van der Waals surface area (Å²) in [5.41, 5.74) is 0. The van der Waals surface area contributed by atoms with Crippen molar-refractivity contribution in [3.05, 3.63) is 28.2 Å². The zero-order chi connectivity index (χ0) is 12.8. The van der Waals surface area contributed by atoms with Gasteiger partial charge in [-0.1, -0.05) is 30.1 Å². The first kappa shape index (κ1) is 15.0. The van der Waals surface area contributed by atoms with E-state index < -0.39 is 10.8 Å². The van der Waals surface area contributed by atoms with Crippen LogP contribution in [0.5, 0.6) is 0 Å². The lowest BCUT2D eigenvalue weighted by Crippen LogP contribution is -2.27. The standard InChI is InChI=1S/C12H17Cl2NOS/c1-3-15-9(2)6-7-17(16)12-8-10(13)4-5-11(12)14/h4-5,8-9,15H,3,6-7H2,1-2H3. The van der Waals surface area contributed by atoms with E-state index in [9.17, 15) is 4.21 Å². The summed E-state index contributed by atoms with van der Waals surface area (Å²) in [4.78, 5) is 0.628. The Kier molecular flexibility index (Phi) is 6.49. The normalized spacial score (nSPS) is 14.6. The molecule has 0 heterocycles. The van der Waals surface area contributed by atoms with Gasteiger partial charge < -0.3 is 5.32 Å². The van der Waals surface area contributed by atoms with Crippen LogP contribution in [0.4, 0.5) is 0 Å². The fourth-order valence-electron chi connectivity index (χ4n) is 1.50. The highest BCUT2D eigenvalue weighted by molar-refractivity contribution is 7.85. The molecule has 0 aromatic heterocycles. The minimum atomic E-state index is -1.09. The van der Waals surface area contributed by atoms with E-state index in [0.717, 1.165) is 13.0 Å². The first-order chi connectivity index (χ1) is 8.04. The number of hydrogen-bond donors (Lipinski definition) is 1. The third-order valence-electron chi connectivity index (χ3n) is 2.43. The molecular weight excluding hydrogens is 277 g/mol. The van der Waals surface area contributed by atoms with Gasteiger partial charge in [-0.05, 0) is 38.1 Å². The molecule has 1 aromatic rings. The third-order valence-corrected chi connectivity index (χ3v) is 4.54. The van der Waals surface area contributed by atoms with Gasteiger partial charge in [0.2, 0.25) is 0 Å². The van der Waals surface area contributed by atoms with Crippen molar-refractivity contribution in [2.75, 3.05) is 12.3 Å². The molecule has 0 saturated carbocycles. The number of rotatable bonds is 6. The van der Waals surface area contributed by atoms with Gasteiger partial charge in [0, 0.05) is 16.8 Å². The molecule has 2 nitrogen and oxygen atoms in total. The SMILES string of the molecule is CCNC(C)CCS(=O)c1cc(Cl)ccc1Cl. The smallest absolute Gasteiger partial charge is 0.0589 e. The quantitative estimate of drug-likeness (QED) is 0.870. The highest BCUT2D eigenvalue weighted by Crippen LogP contribution is 2.24. The van der Waals surface area contributed by atoms with Gasteiger partial charge in [-0.15, -0.1) is 0 Å². The molecule has 5 heteroatoms. The van der Waals surface area contributed by atoms with Crippen molar-refractivity contribution in [2.45, 2.75) is 31.2 Å². The number of nitrogens with one attached hydrogen (secondary N) is 1. The first-order valence-electron chi connectivity index (χ1n) is 5.61. The lowest BCUT2D eigenvalue weighted by Gasteiger charge is -2.12. The molecule has 96 valence electrons. The minimum absolute atomic E-state index is 0.363. The Bertz CT molecular complexity index is 398. The molecule has 0 fully saturated rings. The van der Waals surface area contributed by atoms with Crippen LogP contribution in [0.2, 0.25) is 10.0 Å². The zero-order valence-corrected chi connectivity index (χ0v) is 12.3. The fraction of sp³-hybridized carbons (Fsp3) is 0.500. The predicted molar refractivity (Wildman–Crippen MR) is 75.5 cm³/mol. The Morgan fingerprint density at radius 3 is 2.76 bits per heavy atom. The van der Waals surface area contributed by atoms with Crippen LogP contribution in [0.1, 0.15) is 20.3 Å². The maximum absolute atomic E-state index is 12.1. The lowest BCUT2D eigenvalue weighted by molar-refractivity contribution is 0.553. The molecule has 1 N–H and O–H groups in total. The van der Waals surface area contributed by atoms with E-state index in [2.05, 4.69) is 19.2 Å². The van der Waals surface area contributed by atoms with Crippen molar-refractivity contribution >= 4 is 34.0 Å². The highest BCUT2D eigenvalue weighted by Gasteiger charge is 2.11. The molecule has 1 aromatic carbocycles. The van der Waals surface area contributed by atoms with E-state index >= 15 is 0 Å². The zero-order valence-electron chi connectivity index (χ0n) is 10.0. The largest absolute Gasteiger partial charge is 0.315 e. The Morgan fingerprint density at radius 1 is 1.41 bits per heavy atom. The van der Waals surface area contributed by atoms with Crippen LogP contribution < -0.4 is 5.32 Å². The second-order valence-corrected chi connectivity index (χ2v) is 6.25. The first-order valence-corrected chi connectivity index (χ1v) is 7.69. The van der Waals surface area contributed by atoms with Crippen LogP contribution in [0, 0.1) is 0 Å². The monoisotopic (exact) mass is 293 g/mol. The molecule has 0 aliphatic carbocycles. The highest BCUT2D eigenvalue weighted by atomic mass is 35.5. The summed E-state index contributed by atoms with van der Waals surface area (Å²) in [5.74, 6) is 0.591. The minimum Gasteiger partial charge on any atom is -0.315 e. The molecular formula is C12H17Cl2NOS. The van der Waals surface area contributed by atoms with Gasteiger partial charge in [-0.3, -0.25) is 4.21 Å². The molecule has 2 atom stereocenters. The van der Waals surface area contributed by atoms with E-state index in [0.29, 0.717) is 26.7 Å². The summed E-state index contributed by atoms with van der Waals surface area (Å²) in [6.45, 7) is 5.06. The van der Waals surface area contributed by atoms with E-state index in [4.69, 9.17) is 23.2 Å². The molecule has 2 unspecified atom stereocenters. The maximum atomic E-state index is 12.1. The van der Waals surface area contributed by atoms with Crippen molar-refractivity contribution in [2.24, 2.45) is 0 Å². The molecule has 0 saturated heterocycles. The van der Waals surface area contributed by atoms with E-state index in [1.165, 1.54) is 0 Å². The molecule has 0 aliphatic rings. The molecule has 0 amide bonds. The van der Waals surface area contributed by atoms with Crippen molar-refractivity contribution in [1.29, 1.82) is 0 Å². The fourth-order valence-corrected chi connectivity index (χ4v) is 3.44. The van der Waals surface area contributed by atoms with Gasteiger partial charge in [0.05, 0.1) is 20.7 Å². The van der Waals surface area contributed by atoms with E-state index in [-0.39, 0.29) is 0 Å².